The molecule has 17 heavy (non-hydrogen) atoms. The molecule has 1 aromatic carbocycles. The number of hydrogen-bond donors (Lipinski definition) is 1. The zero-order chi connectivity index (χ0) is 12.3. The van der Waals surface area contributed by atoms with Crippen molar-refractivity contribution < 1.29 is 0 Å². The third kappa shape index (κ3) is 2.98. The maximum atomic E-state index is 6.19. The van der Waals surface area contributed by atoms with Gasteiger partial charge in [0.1, 0.15) is 0 Å². The summed E-state index contributed by atoms with van der Waals surface area (Å²) in [4.78, 5) is 4.08. The summed E-state index contributed by atoms with van der Waals surface area (Å²) in [6.07, 6.45) is 5.27. The van der Waals surface area contributed by atoms with E-state index >= 15 is 0 Å². The highest BCUT2D eigenvalue weighted by Gasteiger charge is 2.03. The minimum atomic E-state index is 0.795. The average molecular weight is 247 g/mol. The summed E-state index contributed by atoms with van der Waals surface area (Å²) in [7, 11) is 0. The SMILES string of the molecule is Cc1ccc(CCc2cnccc2N)c(Cl)c1. The zero-order valence-corrected chi connectivity index (χ0v) is 10.5. The van der Waals surface area contributed by atoms with Crippen molar-refractivity contribution in [1.29, 1.82) is 0 Å². The fourth-order valence-corrected chi connectivity index (χ4v) is 2.10. The van der Waals surface area contributed by atoms with Gasteiger partial charge in [-0.05, 0) is 48.6 Å². The van der Waals surface area contributed by atoms with Crippen LogP contribution in [0.25, 0.3) is 0 Å². The number of nitrogen functional groups attached to an aromatic ring is 1. The number of pyridine rings is 1. The molecule has 0 atom stereocenters. The number of halogens is 1. The van der Waals surface area contributed by atoms with Crippen LogP contribution in [-0.2, 0) is 12.8 Å². The smallest absolute Gasteiger partial charge is 0.0440 e. The summed E-state index contributed by atoms with van der Waals surface area (Å²) in [5.41, 5.74) is 10.1. The van der Waals surface area contributed by atoms with Gasteiger partial charge in [0.05, 0.1) is 0 Å². The van der Waals surface area contributed by atoms with Gasteiger partial charge in [0.15, 0.2) is 0 Å². The maximum Gasteiger partial charge on any atom is 0.0440 e. The number of aromatic nitrogens is 1. The summed E-state index contributed by atoms with van der Waals surface area (Å²) in [5, 5.41) is 0.826. The van der Waals surface area contributed by atoms with E-state index in [0.29, 0.717) is 0 Å². The summed E-state index contributed by atoms with van der Waals surface area (Å²) in [5.74, 6) is 0. The first-order chi connectivity index (χ1) is 8.16. The van der Waals surface area contributed by atoms with Crippen molar-refractivity contribution in [3.63, 3.8) is 0 Å². The van der Waals surface area contributed by atoms with Gasteiger partial charge in [-0.2, -0.15) is 0 Å². The molecule has 0 aliphatic carbocycles. The molecule has 3 heteroatoms. The van der Waals surface area contributed by atoms with Gasteiger partial charge in [0.25, 0.3) is 0 Å². The Morgan fingerprint density at radius 1 is 1.18 bits per heavy atom. The molecule has 0 radical (unpaired) electrons. The van der Waals surface area contributed by atoms with E-state index in [1.54, 1.807) is 6.20 Å². The number of nitrogens with zero attached hydrogens (tertiary/aromatic N) is 1. The molecule has 1 aromatic heterocycles. The molecular weight excluding hydrogens is 232 g/mol. The van der Waals surface area contributed by atoms with Gasteiger partial charge in [-0.25, -0.2) is 0 Å². The lowest BCUT2D eigenvalue weighted by molar-refractivity contribution is 0.952. The van der Waals surface area contributed by atoms with Crippen LogP contribution in [0.5, 0.6) is 0 Å². The molecule has 0 amide bonds. The third-order valence-electron chi connectivity index (χ3n) is 2.81. The predicted molar refractivity (Wildman–Crippen MR) is 72.2 cm³/mol. The van der Waals surface area contributed by atoms with Gasteiger partial charge >= 0.3 is 0 Å². The molecule has 2 rings (SSSR count). The lowest BCUT2D eigenvalue weighted by Gasteiger charge is -2.07. The first-order valence-corrected chi connectivity index (χ1v) is 5.98. The molecule has 2 nitrogen and oxygen atoms in total. The normalized spacial score (nSPS) is 10.5. The standard InChI is InChI=1S/C14H15ClN2/c1-10-2-3-11(13(15)8-10)4-5-12-9-17-7-6-14(12)16/h2-3,6-9H,4-5H2,1H3,(H2,16,17). The molecule has 0 saturated carbocycles. The topological polar surface area (TPSA) is 38.9 Å². The number of nitrogens with two attached hydrogens (primary N) is 1. The molecule has 0 unspecified atom stereocenters. The second-order valence-corrected chi connectivity index (χ2v) is 4.58. The van der Waals surface area contributed by atoms with Crippen molar-refractivity contribution in [2.75, 3.05) is 5.73 Å². The van der Waals surface area contributed by atoms with Crippen molar-refractivity contribution in [2.24, 2.45) is 0 Å². The van der Waals surface area contributed by atoms with Gasteiger partial charge in [-0.3, -0.25) is 4.98 Å². The Morgan fingerprint density at radius 3 is 2.65 bits per heavy atom. The fraction of sp³-hybridized carbons (Fsp3) is 0.214. The van der Waals surface area contributed by atoms with E-state index < -0.39 is 0 Å². The Balaban J connectivity index is 2.10. The molecule has 1 heterocycles. The van der Waals surface area contributed by atoms with E-state index in [1.165, 1.54) is 5.56 Å². The highest BCUT2D eigenvalue weighted by molar-refractivity contribution is 6.31. The van der Waals surface area contributed by atoms with Gasteiger partial charge in [-0.1, -0.05) is 23.7 Å². The summed E-state index contributed by atoms with van der Waals surface area (Å²) in [6.45, 7) is 2.04. The number of aryl methyl sites for hydroxylation is 3. The molecule has 0 fully saturated rings. The monoisotopic (exact) mass is 246 g/mol. The van der Waals surface area contributed by atoms with Gasteiger partial charge in [-0.15, -0.1) is 0 Å². The van der Waals surface area contributed by atoms with Gasteiger partial charge in [0.2, 0.25) is 0 Å². The van der Waals surface area contributed by atoms with Crippen molar-refractivity contribution in [3.05, 3.63) is 58.4 Å². The van der Waals surface area contributed by atoms with Crippen LogP contribution < -0.4 is 5.73 Å². The van der Waals surface area contributed by atoms with E-state index in [1.807, 2.05) is 25.3 Å². The molecule has 0 saturated heterocycles. The number of benzene rings is 1. The quantitative estimate of drug-likeness (QED) is 0.902. The largest absolute Gasteiger partial charge is 0.398 e. The first kappa shape index (κ1) is 11.9. The van der Waals surface area contributed by atoms with E-state index in [9.17, 15) is 0 Å². The summed E-state index contributed by atoms with van der Waals surface area (Å²) < 4.78 is 0. The molecular formula is C14H15ClN2. The van der Waals surface area contributed by atoms with Crippen LogP contribution in [0.15, 0.2) is 36.7 Å². The summed E-state index contributed by atoms with van der Waals surface area (Å²) in [6, 6.07) is 7.97. The maximum absolute atomic E-state index is 6.19. The lowest BCUT2D eigenvalue weighted by Crippen LogP contribution is -1.98. The molecule has 0 aliphatic heterocycles. The number of anilines is 1. The van der Waals surface area contributed by atoms with Crippen LogP contribution in [0.1, 0.15) is 16.7 Å². The first-order valence-electron chi connectivity index (χ1n) is 5.60. The van der Waals surface area contributed by atoms with Gasteiger partial charge < -0.3 is 5.73 Å². The molecule has 0 aliphatic rings. The molecule has 88 valence electrons. The Morgan fingerprint density at radius 2 is 1.94 bits per heavy atom. The molecule has 2 aromatic rings. The summed E-state index contributed by atoms with van der Waals surface area (Å²) >= 11 is 6.19. The van der Waals surface area contributed by atoms with E-state index in [2.05, 4.69) is 17.1 Å². The van der Waals surface area contributed by atoms with E-state index in [0.717, 1.165) is 34.7 Å². The Kier molecular flexibility index (Phi) is 3.64. The van der Waals surface area contributed by atoms with Crippen molar-refractivity contribution in [2.45, 2.75) is 19.8 Å². The van der Waals surface area contributed by atoms with Crippen molar-refractivity contribution >= 4 is 17.3 Å². The minimum Gasteiger partial charge on any atom is -0.398 e. The predicted octanol–water partition coefficient (Wildman–Crippen LogP) is 3.41. The molecule has 2 N–H and O–H groups in total. The Labute approximate surface area is 106 Å². The average Bonchev–Trinajstić information content (AvgIpc) is 2.30. The number of rotatable bonds is 3. The number of hydrogen-bond acceptors (Lipinski definition) is 2. The Hall–Kier alpha value is -1.54. The highest BCUT2D eigenvalue weighted by atomic mass is 35.5. The zero-order valence-electron chi connectivity index (χ0n) is 9.78. The minimum absolute atomic E-state index is 0.795. The third-order valence-corrected chi connectivity index (χ3v) is 3.17. The van der Waals surface area contributed by atoms with Crippen LogP contribution >= 0.6 is 11.6 Å². The second kappa shape index (κ2) is 5.19. The highest BCUT2D eigenvalue weighted by Crippen LogP contribution is 2.20. The molecule has 0 spiro atoms. The van der Waals surface area contributed by atoms with Crippen LogP contribution in [-0.4, -0.2) is 4.98 Å². The van der Waals surface area contributed by atoms with Crippen LogP contribution in [0.4, 0.5) is 5.69 Å². The second-order valence-electron chi connectivity index (χ2n) is 4.17. The van der Waals surface area contributed by atoms with E-state index in [-0.39, 0.29) is 0 Å². The fourth-order valence-electron chi connectivity index (χ4n) is 1.77. The van der Waals surface area contributed by atoms with Crippen molar-refractivity contribution in [3.8, 4) is 0 Å². The van der Waals surface area contributed by atoms with Crippen molar-refractivity contribution in [1.82, 2.24) is 4.98 Å². The Bertz CT molecular complexity index is 523. The molecule has 0 bridgehead atoms. The van der Waals surface area contributed by atoms with Crippen LogP contribution in [0.2, 0.25) is 5.02 Å². The lowest BCUT2D eigenvalue weighted by atomic mass is 10.0. The van der Waals surface area contributed by atoms with Crippen LogP contribution in [0, 0.1) is 6.92 Å². The van der Waals surface area contributed by atoms with E-state index in [4.69, 9.17) is 17.3 Å². The van der Waals surface area contributed by atoms with Crippen LogP contribution in [0.3, 0.4) is 0 Å². The van der Waals surface area contributed by atoms with Gasteiger partial charge in [0, 0.05) is 23.1 Å².